The highest BCUT2D eigenvalue weighted by Gasteiger charge is 2.18. The van der Waals surface area contributed by atoms with Gasteiger partial charge in [-0.2, -0.15) is 0 Å². The number of aryl methyl sites for hydroxylation is 1. The number of nitrogens with one attached hydrogen (secondary N) is 1. The van der Waals surface area contributed by atoms with Crippen LogP contribution in [0.5, 0.6) is 0 Å². The van der Waals surface area contributed by atoms with Crippen LogP contribution in [-0.2, 0) is 17.7 Å². The molecule has 1 N–H and O–H groups in total. The highest BCUT2D eigenvalue weighted by atomic mass is 16.5. The predicted octanol–water partition coefficient (Wildman–Crippen LogP) is 2.38. The summed E-state index contributed by atoms with van der Waals surface area (Å²) in [6, 6.07) is 0.516. The van der Waals surface area contributed by atoms with Crippen molar-refractivity contribution in [2.75, 3.05) is 13.2 Å². The number of hydrogen-bond donors (Lipinski definition) is 1. The number of ether oxygens (including phenoxy) is 1. The first kappa shape index (κ1) is 14.5. The lowest BCUT2D eigenvalue weighted by Gasteiger charge is -2.19. The third kappa shape index (κ3) is 4.32. The molecule has 0 amide bonds. The molecule has 0 radical (unpaired) electrons. The van der Waals surface area contributed by atoms with Gasteiger partial charge in [0.05, 0.1) is 6.10 Å². The molecule has 1 aromatic rings. The maximum absolute atomic E-state index is 5.71. The fourth-order valence-electron chi connectivity index (χ4n) is 2.86. The molecule has 2 unspecified atom stereocenters. The summed E-state index contributed by atoms with van der Waals surface area (Å²) in [5.41, 5.74) is 0. The van der Waals surface area contributed by atoms with Gasteiger partial charge in [-0.1, -0.05) is 6.92 Å². The Bertz CT molecular complexity index is 358. The van der Waals surface area contributed by atoms with Gasteiger partial charge >= 0.3 is 0 Å². The molecule has 4 heteroatoms. The third-order valence-corrected chi connectivity index (χ3v) is 3.93. The number of nitrogens with zero attached hydrogens (tertiary/aromatic N) is 2. The Labute approximate surface area is 116 Å². The molecule has 0 spiro atoms. The van der Waals surface area contributed by atoms with Gasteiger partial charge in [0.15, 0.2) is 0 Å². The Kier molecular flexibility index (Phi) is 5.86. The molecular weight excluding hydrogens is 238 g/mol. The minimum absolute atomic E-state index is 0.493. The summed E-state index contributed by atoms with van der Waals surface area (Å²) < 4.78 is 7.95. The van der Waals surface area contributed by atoms with Crippen molar-refractivity contribution in [3.63, 3.8) is 0 Å². The van der Waals surface area contributed by atoms with Crippen LogP contribution in [0.4, 0.5) is 0 Å². The first-order valence-electron chi connectivity index (χ1n) is 7.68. The molecule has 2 rings (SSSR count). The third-order valence-electron chi connectivity index (χ3n) is 3.93. The van der Waals surface area contributed by atoms with E-state index in [-0.39, 0.29) is 0 Å². The van der Waals surface area contributed by atoms with E-state index in [0.717, 1.165) is 26.1 Å². The van der Waals surface area contributed by atoms with Crippen molar-refractivity contribution >= 4 is 0 Å². The van der Waals surface area contributed by atoms with E-state index >= 15 is 0 Å². The molecule has 19 heavy (non-hydrogen) atoms. The van der Waals surface area contributed by atoms with Crippen LogP contribution in [0.3, 0.4) is 0 Å². The second kappa shape index (κ2) is 7.65. The average molecular weight is 265 g/mol. The van der Waals surface area contributed by atoms with Crippen molar-refractivity contribution < 1.29 is 4.74 Å². The molecule has 0 bridgehead atoms. The quantitative estimate of drug-likeness (QED) is 0.784. The Balaban J connectivity index is 1.84. The normalized spacial score (nSPS) is 20.8. The zero-order valence-corrected chi connectivity index (χ0v) is 12.3. The van der Waals surface area contributed by atoms with Crippen molar-refractivity contribution in [2.24, 2.45) is 0 Å². The number of rotatable bonds is 8. The van der Waals surface area contributed by atoms with Crippen LogP contribution in [0.25, 0.3) is 0 Å². The van der Waals surface area contributed by atoms with E-state index < -0.39 is 0 Å². The van der Waals surface area contributed by atoms with Crippen molar-refractivity contribution in [2.45, 2.75) is 64.6 Å². The van der Waals surface area contributed by atoms with E-state index in [1.54, 1.807) is 0 Å². The van der Waals surface area contributed by atoms with Crippen LogP contribution in [0, 0.1) is 0 Å². The van der Waals surface area contributed by atoms with Gasteiger partial charge in [-0.3, -0.25) is 0 Å². The SMILES string of the molecule is CCNC(CCC1CCCO1)Cc1nccn1CC. The Morgan fingerprint density at radius 2 is 2.42 bits per heavy atom. The fraction of sp³-hybridized carbons (Fsp3) is 0.800. The summed E-state index contributed by atoms with van der Waals surface area (Å²) in [6.45, 7) is 7.31. The predicted molar refractivity (Wildman–Crippen MR) is 77.3 cm³/mol. The van der Waals surface area contributed by atoms with Crippen molar-refractivity contribution in [3.8, 4) is 0 Å². The molecular formula is C15H27N3O. The summed E-state index contributed by atoms with van der Waals surface area (Å²) >= 11 is 0. The van der Waals surface area contributed by atoms with Gasteiger partial charge in [0.25, 0.3) is 0 Å². The zero-order valence-electron chi connectivity index (χ0n) is 12.3. The summed E-state index contributed by atoms with van der Waals surface area (Å²) in [5.74, 6) is 1.20. The first-order chi connectivity index (χ1) is 9.33. The van der Waals surface area contributed by atoms with Crippen LogP contribution in [0.1, 0.15) is 45.4 Å². The van der Waals surface area contributed by atoms with Gasteiger partial charge in [0.2, 0.25) is 0 Å². The molecule has 108 valence electrons. The Morgan fingerprint density at radius 3 is 3.11 bits per heavy atom. The van der Waals surface area contributed by atoms with E-state index in [1.807, 2.05) is 6.20 Å². The second-order valence-electron chi connectivity index (χ2n) is 5.30. The molecule has 1 aliphatic rings. The summed E-state index contributed by atoms with van der Waals surface area (Å²) in [5, 5.41) is 3.59. The number of aromatic nitrogens is 2. The molecule has 0 aromatic carbocycles. The van der Waals surface area contributed by atoms with E-state index in [0.29, 0.717) is 12.1 Å². The van der Waals surface area contributed by atoms with Crippen molar-refractivity contribution in [1.82, 2.24) is 14.9 Å². The average Bonchev–Trinajstić information content (AvgIpc) is 3.07. The van der Waals surface area contributed by atoms with Gasteiger partial charge in [-0.15, -0.1) is 0 Å². The van der Waals surface area contributed by atoms with Crippen LogP contribution < -0.4 is 5.32 Å². The van der Waals surface area contributed by atoms with Crippen LogP contribution in [0.2, 0.25) is 0 Å². The number of imidazole rings is 1. The number of hydrogen-bond acceptors (Lipinski definition) is 3. The zero-order chi connectivity index (χ0) is 13.5. The molecule has 0 aliphatic carbocycles. The lowest BCUT2D eigenvalue weighted by molar-refractivity contribution is 0.0995. The summed E-state index contributed by atoms with van der Waals surface area (Å²) in [4.78, 5) is 4.48. The minimum atomic E-state index is 0.493. The lowest BCUT2D eigenvalue weighted by atomic mass is 10.0. The van der Waals surface area contributed by atoms with Gasteiger partial charge in [0.1, 0.15) is 5.82 Å². The smallest absolute Gasteiger partial charge is 0.110 e. The van der Waals surface area contributed by atoms with Gasteiger partial charge in [-0.25, -0.2) is 4.98 Å². The van der Waals surface area contributed by atoms with Crippen molar-refractivity contribution in [3.05, 3.63) is 18.2 Å². The fourth-order valence-corrected chi connectivity index (χ4v) is 2.86. The lowest BCUT2D eigenvalue weighted by Crippen LogP contribution is -2.33. The van der Waals surface area contributed by atoms with Gasteiger partial charge < -0.3 is 14.6 Å². The monoisotopic (exact) mass is 265 g/mol. The molecule has 0 saturated carbocycles. The maximum Gasteiger partial charge on any atom is 0.110 e. The molecule has 4 nitrogen and oxygen atoms in total. The molecule has 1 aliphatic heterocycles. The molecule has 1 fully saturated rings. The Morgan fingerprint density at radius 1 is 1.53 bits per heavy atom. The van der Waals surface area contributed by atoms with Crippen LogP contribution in [0.15, 0.2) is 12.4 Å². The van der Waals surface area contributed by atoms with Gasteiger partial charge in [0, 0.05) is 38.0 Å². The van der Waals surface area contributed by atoms with Crippen LogP contribution in [-0.4, -0.2) is 34.8 Å². The maximum atomic E-state index is 5.71. The van der Waals surface area contributed by atoms with E-state index in [2.05, 4.69) is 34.9 Å². The van der Waals surface area contributed by atoms with Gasteiger partial charge in [-0.05, 0) is 39.2 Å². The highest BCUT2D eigenvalue weighted by molar-refractivity contribution is 4.95. The molecule has 2 atom stereocenters. The standard InChI is InChI=1S/C15H27N3O/c1-3-16-13(7-8-14-6-5-11-19-14)12-15-17-9-10-18(15)4-2/h9-10,13-14,16H,3-8,11-12H2,1-2H3. The molecule has 1 saturated heterocycles. The van der Waals surface area contributed by atoms with Crippen molar-refractivity contribution in [1.29, 1.82) is 0 Å². The van der Waals surface area contributed by atoms with Crippen LogP contribution >= 0.6 is 0 Å². The number of likely N-dealkylation sites (N-methyl/N-ethyl adjacent to an activating group) is 1. The minimum Gasteiger partial charge on any atom is -0.378 e. The summed E-state index contributed by atoms with van der Waals surface area (Å²) in [6.07, 6.45) is 10.3. The molecule has 2 heterocycles. The van der Waals surface area contributed by atoms with E-state index in [4.69, 9.17) is 4.74 Å². The van der Waals surface area contributed by atoms with E-state index in [1.165, 1.54) is 31.5 Å². The summed E-state index contributed by atoms with van der Waals surface area (Å²) in [7, 11) is 0. The Hall–Kier alpha value is -0.870. The largest absolute Gasteiger partial charge is 0.378 e. The molecule has 1 aromatic heterocycles. The topological polar surface area (TPSA) is 39.1 Å². The highest BCUT2D eigenvalue weighted by Crippen LogP contribution is 2.18. The second-order valence-corrected chi connectivity index (χ2v) is 5.30. The van der Waals surface area contributed by atoms with E-state index in [9.17, 15) is 0 Å². The first-order valence-corrected chi connectivity index (χ1v) is 7.68.